The van der Waals surface area contributed by atoms with Crippen LogP contribution >= 0.6 is 0 Å². The smallest absolute Gasteiger partial charge is 0.254 e. The average Bonchev–Trinajstić information content (AvgIpc) is 3.69. The molecule has 3 N–H and O–H groups in total. The lowest BCUT2D eigenvalue weighted by Crippen LogP contribution is -2.61. The summed E-state index contributed by atoms with van der Waals surface area (Å²) in [6, 6.07) is 10.1. The van der Waals surface area contributed by atoms with Gasteiger partial charge in [0.1, 0.15) is 17.0 Å². The van der Waals surface area contributed by atoms with Gasteiger partial charge in [0.2, 0.25) is 5.91 Å². The molecule has 4 unspecified atom stereocenters. The molecule has 0 aromatic carbocycles. The molecule has 2 bridgehead atoms. The van der Waals surface area contributed by atoms with Crippen molar-refractivity contribution < 1.29 is 14.3 Å². The summed E-state index contributed by atoms with van der Waals surface area (Å²) >= 11 is 0. The molecule has 2 aliphatic heterocycles. The number of carbonyl (C=O) groups excluding carboxylic acids is 2. The number of aryl methyl sites for hydroxylation is 1. The third-order valence-corrected chi connectivity index (χ3v) is 10.5. The maximum atomic E-state index is 14.0. The number of ether oxygens (including phenoxy) is 1. The van der Waals surface area contributed by atoms with Gasteiger partial charge in [0.15, 0.2) is 5.88 Å². The lowest BCUT2D eigenvalue weighted by atomic mass is 9.71. The molecule has 0 radical (unpaired) electrons. The number of methoxy groups -OCH3 is 1. The predicted molar refractivity (Wildman–Crippen MR) is 179 cm³/mol. The molecule has 2 saturated heterocycles. The van der Waals surface area contributed by atoms with Gasteiger partial charge in [-0.1, -0.05) is 27.7 Å². The number of piperidine rings is 2. The van der Waals surface area contributed by atoms with Gasteiger partial charge in [-0.2, -0.15) is 0 Å². The highest BCUT2D eigenvalue weighted by atomic mass is 16.5. The lowest BCUT2D eigenvalue weighted by molar-refractivity contribution is -0.129. The number of rotatable bonds is 7. The van der Waals surface area contributed by atoms with E-state index in [9.17, 15) is 9.59 Å². The zero-order valence-electron chi connectivity index (χ0n) is 28.1. The fourth-order valence-corrected chi connectivity index (χ4v) is 7.55. The Balaban J connectivity index is 1.28. The van der Waals surface area contributed by atoms with Crippen LogP contribution in [0, 0.1) is 30.1 Å². The molecule has 4 aliphatic rings. The minimum atomic E-state index is -0.483. The molecule has 4 aromatic rings. The molecular formula is C36H47N7O3. The van der Waals surface area contributed by atoms with Crippen LogP contribution in [0.2, 0.25) is 0 Å². The number of aromatic nitrogens is 4. The van der Waals surface area contributed by atoms with Crippen LogP contribution in [-0.4, -0.2) is 61.4 Å². The Labute approximate surface area is 270 Å². The number of nitrogens with one attached hydrogen (secondary N) is 1. The molecule has 5 atom stereocenters. The third-order valence-electron chi connectivity index (χ3n) is 10.5. The number of imidazole rings is 1. The highest BCUT2D eigenvalue weighted by Gasteiger charge is 2.45. The van der Waals surface area contributed by atoms with Gasteiger partial charge in [0, 0.05) is 47.6 Å². The van der Waals surface area contributed by atoms with Crippen molar-refractivity contribution in [3.8, 4) is 17.3 Å². The maximum Gasteiger partial charge on any atom is 0.254 e. The number of fused-ring (bicyclic) bond motifs is 5. The standard InChI is InChI=1S/C36H47N7O3/c1-19-12-25-18-42(28(19)16-26(25)37)34(44)24-14-30-40-32(21(3)43(30)31(15-24)46-7)29-13-23-10-11-27(20(2)38-35(45)36(4,5)6)39-33(23)41(29)17-22-8-9-22/h10-11,13-15,19-20,22,25-26,28H,8-9,12,16-18,37H2,1-7H3,(H,38,45)/t19?,20-,25?,26?,28?/m1/s1. The van der Waals surface area contributed by atoms with Gasteiger partial charge >= 0.3 is 0 Å². The summed E-state index contributed by atoms with van der Waals surface area (Å²) in [5.41, 5.74) is 11.7. The maximum absolute atomic E-state index is 14.0. The van der Waals surface area contributed by atoms with Crippen LogP contribution in [0.4, 0.5) is 0 Å². The van der Waals surface area contributed by atoms with Gasteiger partial charge in [-0.3, -0.25) is 14.0 Å². The van der Waals surface area contributed by atoms with Crippen molar-refractivity contribution in [1.29, 1.82) is 0 Å². The van der Waals surface area contributed by atoms with Crippen molar-refractivity contribution in [2.75, 3.05) is 13.7 Å². The van der Waals surface area contributed by atoms with E-state index in [1.165, 1.54) is 12.8 Å². The second kappa shape index (κ2) is 11.1. The van der Waals surface area contributed by atoms with Crippen LogP contribution in [0.25, 0.3) is 28.1 Å². The minimum absolute atomic E-state index is 0.00560. The van der Waals surface area contributed by atoms with Crippen molar-refractivity contribution in [1.82, 2.24) is 29.2 Å². The zero-order valence-corrected chi connectivity index (χ0v) is 28.1. The molecule has 2 saturated carbocycles. The Morgan fingerprint density at radius 3 is 2.57 bits per heavy atom. The van der Waals surface area contributed by atoms with E-state index in [4.69, 9.17) is 20.4 Å². The first kappa shape index (κ1) is 30.7. The van der Waals surface area contributed by atoms with Crippen molar-refractivity contribution in [3.63, 3.8) is 0 Å². The van der Waals surface area contributed by atoms with Crippen LogP contribution in [0.1, 0.15) is 88.1 Å². The molecule has 8 rings (SSSR count). The van der Waals surface area contributed by atoms with E-state index >= 15 is 0 Å². The molecule has 4 fully saturated rings. The van der Waals surface area contributed by atoms with Crippen molar-refractivity contribution in [3.05, 3.63) is 47.3 Å². The average molecular weight is 626 g/mol. The molecule has 46 heavy (non-hydrogen) atoms. The Morgan fingerprint density at radius 1 is 1.13 bits per heavy atom. The Bertz CT molecular complexity index is 1850. The molecule has 10 heteroatoms. The summed E-state index contributed by atoms with van der Waals surface area (Å²) in [7, 11) is 1.64. The van der Waals surface area contributed by atoms with Crippen LogP contribution in [0.3, 0.4) is 0 Å². The van der Waals surface area contributed by atoms with Gasteiger partial charge in [-0.15, -0.1) is 0 Å². The monoisotopic (exact) mass is 625 g/mol. The third kappa shape index (κ3) is 5.24. The number of hydrogen-bond donors (Lipinski definition) is 2. The van der Waals surface area contributed by atoms with Gasteiger partial charge < -0.3 is 25.3 Å². The summed E-state index contributed by atoms with van der Waals surface area (Å²) in [5, 5.41) is 4.15. The summed E-state index contributed by atoms with van der Waals surface area (Å²) in [4.78, 5) is 39.0. The van der Waals surface area contributed by atoms with Crippen LogP contribution < -0.4 is 15.8 Å². The summed E-state index contributed by atoms with van der Waals surface area (Å²) in [5.74, 6) is 1.98. The normalized spacial score (nSPS) is 23.7. The predicted octanol–water partition coefficient (Wildman–Crippen LogP) is 5.50. The zero-order chi connectivity index (χ0) is 32.7. The largest absolute Gasteiger partial charge is 0.482 e. The van der Waals surface area contributed by atoms with Crippen LogP contribution in [0.15, 0.2) is 30.3 Å². The molecule has 4 aromatic heterocycles. The van der Waals surface area contributed by atoms with Crippen molar-refractivity contribution in [2.45, 2.75) is 91.9 Å². The molecule has 2 amide bonds. The van der Waals surface area contributed by atoms with Gasteiger partial charge in [0.25, 0.3) is 5.91 Å². The van der Waals surface area contributed by atoms with Gasteiger partial charge in [0.05, 0.1) is 30.2 Å². The van der Waals surface area contributed by atoms with E-state index in [2.05, 4.69) is 28.9 Å². The number of carbonyl (C=O) groups is 2. The highest BCUT2D eigenvalue weighted by molar-refractivity contribution is 5.96. The highest BCUT2D eigenvalue weighted by Crippen LogP contribution is 2.40. The van der Waals surface area contributed by atoms with E-state index in [1.807, 2.05) is 62.1 Å². The Hall–Kier alpha value is -3.92. The molecular weight excluding hydrogens is 578 g/mol. The van der Waals surface area contributed by atoms with E-state index in [1.54, 1.807) is 7.11 Å². The van der Waals surface area contributed by atoms with Crippen molar-refractivity contribution in [2.24, 2.45) is 28.9 Å². The van der Waals surface area contributed by atoms with Crippen LogP contribution in [-0.2, 0) is 11.3 Å². The number of hydrogen-bond acceptors (Lipinski definition) is 6. The van der Waals surface area contributed by atoms with E-state index < -0.39 is 5.41 Å². The van der Waals surface area contributed by atoms with E-state index in [-0.39, 0.29) is 29.9 Å². The molecule has 244 valence electrons. The summed E-state index contributed by atoms with van der Waals surface area (Å²) in [6.45, 7) is 13.6. The molecule has 10 nitrogen and oxygen atoms in total. The summed E-state index contributed by atoms with van der Waals surface area (Å²) < 4.78 is 10.2. The fraction of sp³-hybridized carbons (Fsp3) is 0.556. The van der Waals surface area contributed by atoms with Gasteiger partial charge in [-0.25, -0.2) is 9.97 Å². The van der Waals surface area contributed by atoms with Crippen LogP contribution in [0.5, 0.6) is 5.88 Å². The summed E-state index contributed by atoms with van der Waals surface area (Å²) in [6.07, 6.45) is 4.33. The van der Waals surface area contributed by atoms with Crippen molar-refractivity contribution >= 4 is 28.5 Å². The van der Waals surface area contributed by atoms with E-state index in [0.717, 1.165) is 53.2 Å². The first-order valence-electron chi connectivity index (χ1n) is 16.8. The fourth-order valence-electron chi connectivity index (χ4n) is 7.55. The molecule has 2 aliphatic carbocycles. The first-order valence-corrected chi connectivity index (χ1v) is 16.8. The molecule has 0 spiro atoms. The number of nitrogens with two attached hydrogens (primary N) is 1. The quantitative estimate of drug-likeness (QED) is 0.280. The second-order valence-electron chi connectivity index (χ2n) is 15.1. The van der Waals surface area contributed by atoms with E-state index in [0.29, 0.717) is 41.4 Å². The number of pyridine rings is 2. The lowest BCUT2D eigenvalue weighted by Gasteiger charge is -2.51. The molecule has 6 heterocycles. The number of nitrogens with zero attached hydrogens (tertiary/aromatic N) is 5. The Morgan fingerprint density at radius 2 is 1.89 bits per heavy atom. The van der Waals surface area contributed by atoms with Gasteiger partial charge in [-0.05, 0) is 81.5 Å². The SMILES string of the molecule is COc1cc(C(=O)N2CC3CC(C)C2CC3N)cc2nc(-c3cc4ccc([C@@H](C)NC(=O)C(C)(C)C)nc4n3CC3CC3)c(C)n12. The topological polar surface area (TPSA) is 120 Å². The Kier molecular flexibility index (Phi) is 7.42. The minimum Gasteiger partial charge on any atom is -0.482 e. The first-order chi connectivity index (χ1) is 21.8. The number of amides is 2. The second-order valence-corrected chi connectivity index (χ2v) is 15.1.